The second kappa shape index (κ2) is 2.95. The number of carbonyl (C=O) groups is 1. The Hall–Kier alpha value is -1.35. The van der Waals surface area contributed by atoms with Crippen LogP contribution in [0.15, 0.2) is 24.3 Å². The minimum atomic E-state index is -0.463. The number of hydrogen-bond acceptors (Lipinski definition) is 3. The maximum absolute atomic E-state index is 10.5. The van der Waals surface area contributed by atoms with E-state index in [4.69, 9.17) is 9.47 Å². The van der Waals surface area contributed by atoms with Crippen molar-refractivity contribution in [3.63, 3.8) is 0 Å². The molecular weight excluding hydrogens is 156 g/mol. The number of hydrogen-bond donors (Lipinski definition) is 0. The molecule has 12 heavy (non-hydrogen) atoms. The second-order valence-corrected chi connectivity index (χ2v) is 2.52. The van der Waals surface area contributed by atoms with E-state index in [1.807, 2.05) is 24.3 Å². The Morgan fingerprint density at radius 1 is 1.42 bits per heavy atom. The molecule has 0 saturated heterocycles. The number of rotatable bonds is 1. The largest absolute Gasteiger partial charge is 0.467 e. The van der Waals surface area contributed by atoms with E-state index in [0.717, 1.165) is 17.6 Å². The zero-order chi connectivity index (χ0) is 8.39. The zero-order valence-electron chi connectivity index (χ0n) is 6.40. The van der Waals surface area contributed by atoms with Crippen molar-refractivity contribution in [2.45, 2.75) is 6.10 Å². The maximum atomic E-state index is 10.5. The molecule has 3 nitrogen and oxygen atoms in total. The summed E-state index contributed by atoms with van der Waals surface area (Å²) in [5, 5.41) is 0. The summed E-state index contributed by atoms with van der Waals surface area (Å²) in [6.07, 6.45) is 0.316. The van der Waals surface area contributed by atoms with Crippen molar-refractivity contribution in [1.29, 1.82) is 0 Å². The van der Waals surface area contributed by atoms with Gasteiger partial charge >= 0.3 is 0 Å². The van der Waals surface area contributed by atoms with Gasteiger partial charge in [0.2, 0.25) is 0 Å². The fraction of sp³-hybridized carbons (Fsp3) is 0.222. The molecule has 62 valence electrons. The van der Waals surface area contributed by atoms with Crippen molar-refractivity contribution in [2.24, 2.45) is 0 Å². The summed E-state index contributed by atoms with van der Waals surface area (Å²) in [6.45, 7) is 0.153. The molecule has 1 aliphatic rings. The Labute approximate surface area is 69.9 Å². The quantitative estimate of drug-likeness (QED) is 0.587. The van der Waals surface area contributed by atoms with Crippen LogP contribution in [0.25, 0.3) is 0 Å². The zero-order valence-corrected chi connectivity index (χ0v) is 6.40. The van der Waals surface area contributed by atoms with Gasteiger partial charge in [0.15, 0.2) is 13.1 Å². The van der Waals surface area contributed by atoms with E-state index in [0.29, 0.717) is 0 Å². The smallest absolute Gasteiger partial charge is 0.190 e. The Morgan fingerprint density at radius 2 is 2.25 bits per heavy atom. The van der Waals surface area contributed by atoms with Crippen LogP contribution in [0.5, 0.6) is 5.75 Å². The number of fused-ring (bicyclic) bond motifs is 1. The average molecular weight is 164 g/mol. The topological polar surface area (TPSA) is 35.5 Å². The SMILES string of the molecule is O=CC1OCOc2ccccc21. The molecule has 1 aromatic rings. The highest BCUT2D eigenvalue weighted by Gasteiger charge is 2.20. The fourth-order valence-corrected chi connectivity index (χ4v) is 1.22. The third-order valence-electron chi connectivity index (χ3n) is 1.81. The summed E-state index contributed by atoms with van der Waals surface area (Å²) in [5.41, 5.74) is 0.804. The lowest BCUT2D eigenvalue weighted by molar-refractivity contribution is -0.127. The van der Waals surface area contributed by atoms with Crippen LogP contribution in [0, 0.1) is 0 Å². The number of benzene rings is 1. The highest BCUT2D eigenvalue weighted by Crippen LogP contribution is 2.29. The van der Waals surface area contributed by atoms with E-state index in [1.54, 1.807) is 0 Å². The van der Waals surface area contributed by atoms with Gasteiger partial charge in [-0.25, -0.2) is 0 Å². The summed E-state index contributed by atoms with van der Waals surface area (Å²) >= 11 is 0. The summed E-state index contributed by atoms with van der Waals surface area (Å²) in [6, 6.07) is 7.38. The molecule has 0 amide bonds. The standard InChI is InChI=1S/C9H8O3/c10-5-9-7-3-1-2-4-8(7)11-6-12-9/h1-5,9H,6H2. The van der Waals surface area contributed by atoms with Crippen LogP contribution in [0.4, 0.5) is 0 Å². The summed E-state index contributed by atoms with van der Waals surface area (Å²) in [7, 11) is 0. The van der Waals surface area contributed by atoms with E-state index in [1.165, 1.54) is 0 Å². The van der Waals surface area contributed by atoms with E-state index in [9.17, 15) is 4.79 Å². The first-order valence-electron chi connectivity index (χ1n) is 3.70. The molecule has 1 aliphatic heterocycles. The highest BCUT2D eigenvalue weighted by molar-refractivity contribution is 5.62. The molecule has 2 rings (SSSR count). The van der Waals surface area contributed by atoms with E-state index >= 15 is 0 Å². The van der Waals surface area contributed by atoms with Crippen molar-refractivity contribution in [1.82, 2.24) is 0 Å². The van der Waals surface area contributed by atoms with Gasteiger partial charge in [0.1, 0.15) is 11.9 Å². The molecule has 1 atom stereocenters. The minimum absolute atomic E-state index is 0.153. The lowest BCUT2D eigenvalue weighted by Crippen LogP contribution is -2.17. The van der Waals surface area contributed by atoms with Crippen LogP contribution in [0.2, 0.25) is 0 Å². The van der Waals surface area contributed by atoms with Crippen LogP contribution in [-0.4, -0.2) is 13.1 Å². The van der Waals surface area contributed by atoms with Gasteiger partial charge in [-0.15, -0.1) is 0 Å². The third kappa shape index (κ3) is 1.08. The van der Waals surface area contributed by atoms with Crippen LogP contribution >= 0.6 is 0 Å². The normalized spacial score (nSPS) is 20.8. The first kappa shape index (κ1) is 7.31. The van der Waals surface area contributed by atoms with Crippen molar-refractivity contribution in [3.8, 4) is 5.75 Å². The monoisotopic (exact) mass is 164 g/mol. The highest BCUT2D eigenvalue weighted by atomic mass is 16.7. The molecule has 1 unspecified atom stereocenters. The van der Waals surface area contributed by atoms with E-state index < -0.39 is 6.10 Å². The van der Waals surface area contributed by atoms with Crippen LogP contribution in [0.1, 0.15) is 11.7 Å². The van der Waals surface area contributed by atoms with Gasteiger partial charge in [0, 0.05) is 5.56 Å². The van der Waals surface area contributed by atoms with Crippen molar-refractivity contribution >= 4 is 6.29 Å². The Balaban J connectivity index is 2.43. The lowest BCUT2D eigenvalue weighted by atomic mass is 10.1. The first-order valence-corrected chi connectivity index (χ1v) is 3.70. The summed E-state index contributed by atoms with van der Waals surface area (Å²) < 4.78 is 10.2. The lowest BCUT2D eigenvalue weighted by Gasteiger charge is -2.21. The van der Waals surface area contributed by atoms with Gasteiger partial charge in [-0.2, -0.15) is 0 Å². The molecule has 0 aliphatic carbocycles. The molecule has 1 aromatic carbocycles. The Kier molecular flexibility index (Phi) is 1.80. The van der Waals surface area contributed by atoms with Crippen molar-refractivity contribution in [3.05, 3.63) is 29.8 Å². The van der Waals surface area contributed by atoms with Crippen molar-refractivity contribution < 1.29 is 14.3 Å². The Bertz CT molecular complexity index is 296. The second-order valence-electron chi connectivity index (χ2n) is 2.52. The fourth-order valence-electron chi connectivity index (χ4n) is 1.22. The molecule has 0 aromatic heterocycles. The predicted octanol–water partition coefficient (Wildman–Crippen LogP) is 1.29. The van der Waals surface area contributed by atoms with Gasteiger partial charge in [0.25, 0.3) is 0 Å². The van der Waals surface area contributed by atoms with Crippen LogP contribution in [0.3, 0.4) is 0 Å². The summed E-state index contributed by atoms with van der Waals surface area (Å²) in [5.74, 6) is 0.737. The third-order valence-corrected chi connectivity index (χ3v) is 1.81. The van der Waals surface area contributed by atoms with E-state index in [-0.39, 0.29) is 6.79 Å². The van der Waals surface area contributed by atoms with Gasteiger partial charge in [0.05, 0.1) is 0 Å². The average Bonchev–Trinajstić information content (AvgIpc) is 2.17. The maximum Gasteiger partial charge on any atom is 0.190 e. The minimum Gasteiger partial charge on any atom is -0.467 e. The molecule has 0 bridgehead atoms. The molecule has 1 heterocycles. The molecule has 3 heteroatoms. The molecule has 0 N–H and O–H groups in total. The first-order chi connectivity index (χ1) is 5.92. The van der Waals surface area contributed by atoms with E-state index in [2.05, 4.69) is 0 Å². The van der Waals surface area contributed by atoms with Crippen LogP contribution in [-0.2, 0) is 9.53 Å². The summed E-state index contributed by atoms with van der Waals surface area (Å²) in [4.78, 5) is 10.5. The molecule has 0 spiro atoms. The van der Waals surface area contributed by atoms with Gasteiger partial charge in [-0.05, 0) is 6.07 Å². The molecule has 0 fully saturated rings. The van der Waals surface area contributed by atoms with Gasteiger partial charge < -0.3 is 14.3 Å². The van der Waals surface area contributed by atoms with Gasteiger partial charge in [-0.3, -0.25) is 0 Å². The number of carbonyl (C=O) groups excluding carboxylic acids is 1. The molecule has 0 saturated carbocycles. The number of ether oxygens (including phenoxy) is 2. The molecule has 0 radical (unpaired) electrons. The molecular formula is C9H8O3. The number of para-hydroxylation sites is 1. The van der Waals surface area contributed by atoms with Gasteiger partial charge in [-0.1, -0.05) is 18.2 Å². The van der Waals surface area contributed by atoms with Crippen LogP contribution < -0.4 is 4.74 Å². The number of aldehydes is 1. The Morgan fingerprint density at radius 3 is 3.08 bits per heavy atom. The van der Waals surface area contributed by atoms with Crippen molar-refractivity contribution in [2.75, 3.05) is 6.79 Å². The predicted molar refractivity (Wildman–Crippen MR) is 41.8 cm³/mol.